The molecule has 0 amide bonds. The zero-order valence-corrected chi connectivity index (χ0v) is 10.7. The van der Waals surface area contributed by atoms with Crippen molar-refractivity contribution < 1.29 is 28.6 Å². The minimum atomic E-state index is -1.31. The van der Waals surface area contributed by atoms with Crippen LogP contribution in [0.2, 0.25) is 0 Å². The fourth-order valence-electron chi connectivity index (χ4n) is 1.34. The van der Waals surface area contributed by atoms with Gasteiger partial charge in [-0.25, -0.2) is 4.79 Å². The molecule has 0 bridgehead atoms. The molecule has 7 heteroatoms. The molecule has 1 aromatic rings. The largest absolute Gasteiger partial charge is 0.465 e. The maximum atomic E-state index is 11.6. The third-order valence-corrected chi connectivity index (χ3v) is 2.06. The molecule has 7 nitrogen and oxygen atoms in total. The Morgan fingerprint density at radius 2 is 1.74 bits per heavy atom. The van der Waals surface area contributed by atoms with Crippen molar-refractivity contribution >= 4 is 17.9 Å². The first-order chi connectivity index (χ1) is 8.95. The van der Waals surface area contributed by atoms with Crippen LogP contribution in [0.4, 0.5) is 0 Å². The highest BCUT2D eigenvalue weighted by Gasteiger charge is 2.24. The van der Waals surface area contributed by atoms with E-state index in [2.05, 4.69) is 9.72 Å². The molecular formula is C12H13NO6. The van der Waals surface area contributed by atoms with E-state index in [0.29, 0.717) is 0 Å². The number of nitrogens with zero attached hydrogens (tertiary/aromatic N) is 1. The molecule has 0 N–H and O–H groups in total. The topological polar surface area (TPSA) is 91.8 Å². The molecule has 0 saturated carbocycles. The Morgan fingerprint density at radius 1 is 1.16 bits per heavy atom. The quantitative estimate of drug-likeness (QED) is 0.593. The highest BCUT2D eigenvalue weighted by Crippen LogP contribution is 2.23. The minimum absolute atomic E-state index is 0.0532. The third-order valence-electron chi connectivity index (χ3n) is 2.06. The van der Waals surface area contributed by atoms with Crippen molar-refractivity contribution in [2.45, 2.75) is 20.1 Å². The van der Waals surface area contributed by atoms with Crippen molar-refractivity contribution in [2.24, 2.45) is 0 Å². The SMILES string of the molecule is COC(=O)c1cnccc1C(OC(C)=O)OC(C)=O. The van der Waals surface area contributed by atoms with Crippen LogP contribution >= 0.6 is 0 Å². The van der Waals surface area contributed by atoms with Gasteiger partial charge in [-0.1, -0.05) is 0 Å². The number of esters is 3. The molecule has 0 spiro atoms. The van der Waals surface area contributed by atoms with Crippen molar-refractivity contribution in [1.29, 1.82) is 0 Å². The summed E-state index contributed by atoms with van der Waals surface area (Å²) >= 11 is 0. The maximum absolute atomic E-state index is 11.6. The molecule has 0 atom stereocenters. The molecule has 1 rings (SSSR count). The van der Waals surface area contributed by atoms with Crippen LogP contribution in [0.25, 0.3) is 0 Å². The van der Waals surface area contributed by atoms with Gasteiger partial charge in [-0.2, -0.15) is 0 Å². The predicted molar refractivity (Wildman–Crippen MR) is 61.8 cm³/mol. The molecule has 0 unspecified atom stereocenters. The smallest absolute Gasteiger partial charge is 0.339 e. The van der Waals surface area contributed by atoms with Gasteiger partial charge in [-0.15, -0.1) is 0 Å². The van der Waals surface area contributed by atoms with Gasteiger partial charge in [0.15, 0.2) is 0 Å². The molecule has 19 heavy (non-hydrogen) atoms. The van der Waals surface area contributed by atoms with Gasteiger partial charge >= 0.3 is 17.9 Å². The van der Waals surface area contributed by atoms with Crippen molar-refractivity contribution in [3.8, 4) is 0 Å². The number of methoxy groups -OCH3 is 1. The number of carbonyl (C=O) groups is 3. The second kappa shape index (κ2) is 6.48. The van der Waals surface area contributed by atoms with E-state index in [1.54, 1.807) is 0 Å². The van der Waals surface area contributed by atoms with E-state index in [1.165, 1.54) is 25.6 Å². The van der Waals surface area contributed by atoms with Crippen molar-refractivity contribution in [3.63, 3.8) is 0 Å². The average Bonchev–Trinajstić information content (AvgIpc) is 2.36. The van der Waals surface area contributed by atoms with Gasteiger partial charge in [0.25, 0.3) is 6.29 Å². The predicted octanol–water partition coefficient (Wildman–Crippen LogP) is 0.993. The minimum Gasteiger partial charge on any atom is -0.465 e. The Kier molecular flexibility index (Phi) is 4.99. The van der Waals surface area contributed by atoms with E-state index < -0.39 is 24.2 Å². The van der Waals surface area contributed by atoms with Crippen LogP contribution in [0.15, 0.2) is 18.5 Å². The van der Waals surface area contributed by atoms with E-state index in [1.807, 2.05) is 0 Å². The van der Waals surface area contributed by atoms with Crippen LogP contribution in [-0.4, -0.2) is 30.0 Å². The van der Waals surface area contributed by atoms with E-state index in [0.717, 1.165) is 13.8 Å². The molecule has 1 heterocycles. The van der Waals surface area contributed by atoms with Crippen LogP contribution < -0.4 is 0 Å². The molecule has 0 fully saturated rings. The van der Waals surface area contributed by atoms with Crippen LogP contribution in [-0.2, 0) is 23.8 Å². The van der Waals surface area contributed by atoms with Crippen LogP contribution in [0.3, 0.4) is 0 Å². The Balaban J connectivity index is 3.17. The van der Waals surface area contributed by atoms with Crippen LogP contribution in [0.1, 0.15) is 36.1 Å². The second-order valence-electron chi connectivity index (χ2n) is 3.51. The van der Waals surface area contributed by atoms with E-state index in [4.69, 9.17) is 9.47 Å². The van der Waals surface area contributed by atoms with Gasteiger partial charge in [0.05, 0.1) is 18.2 Å². The van der Waals surface area contributed by atoms with Crippen molar-refractivity contribution in [1.82, 2.24) is 4.98 Å². The molecule has 0 saturated heterocycles. The van der Waals surface area contributed by atoms with Crippen molar-refractivity contribution in [2.75, 3.05) is 7.11 Å². The molecule has 1 aromatic heterocycles. The number of aromatic nitrogens is 1. The van der Waals surface area contributed by atoms with Gasteiger partial charge in [0.1, 0.15) is 0 Å². The number of pyridine rings is 1. The highest BCUT2D eigenvalue weighted by molar-refractivity contribution is 5.90. The first-order valence-electron chi connectivity index (χ1n) is 5.32. The third kappa shape index (κ3) is 4.06. The fraction of sp³-hybridized carbons (Fsp3) is 0.333. The molecular weight excluding hydrogens is 254 g/mol. The van der Waals surface area contributed by atoms with Gasteiger partial charge < -0.3 is 14.2 Å². The summed E-state index contributed by atoms with van der Waals surface area (Å²) in [5.41, 5.74) is 0.241. The van der Waals surface area contributed by atoms with E-state index in [-0.39, 0.29) is 11.1 Å². The molecule has 0 aliphatic heterocycles. The van der Waals surface area contributed by atoms with Gasteiger partial charge in [-0.05, 0) is 6.07 Å². The summed E-state index contributed by atoms with van der Waals surface area (Å²) in [6, 6.07) is 1.41. The number of ether oxygens (including phenoxy) is 3. The Hall–Kier alpha value is -2.44. The van der Waals surface area contributed by atoms with Crippen LogP contribution in [0, 0.1) is 0 Å². The van der Waals surface area contributed by atoms with Crippen molar-refractivity contribution in [3.05, 3.63) is 29.6 Å². The number of hydrogen-bond donors (Lipinski definition) is 0. The normalized spacial score (nSPS) is 9.89. The van der Waals surface area contributed by atoms with Crippen LogP contribution in [0.5, 0.6) is 0 Å². The summed E-state index contributed by atoms with van der Waals surface area (Å²) in [4.78, 5) is 37.4. The van der Waals surface area contributed by atoms with Gasteiger partial charge in [-0.3, -0.25) is 14.6 Å². The molecule has 0 radical (unpaired) electrons. The summed E-state index contributed by atoms with van der Waals surface area (Å²) in [5.74, 6) is -1.98. The van der Waals surface area contributed by atoms with Gasteiger partial charge in [0, 0.05) is 26.2 Å². The molecule has 0 aliphatic rings. The Morgan fingerprint density at radius 3 is 2.21 bits per heavy atom. The summed E-state index contributed by atoms with van der Waals surface area (Å²) in [6.07, 6.45) is 1.30. The fourth-order valence-corrected chi connectivity index (χ4v) is 1.34. The highest BCUT2D eigenvalue weighted by atomic mass is 16.7. The maximum Gasteiger partial charge on any atom is 0.339 e. The Bertz CT molecular complexity index is 483. The molecule has 102 valence electrons. The first kappa shape index (κ1) is 14.6. The van der Waals surface area contributed by atoms with E-state index in [9.17, 15) is 14.4 Å². The summed E-state index contributed by atoms with van der Waals surface area (Å²) < 4.78 is 14.3. The average molecular weight is 267 g/mol. The summed E-state index contributed by atoms with van der Waals surface area (Å²) in [7, 11) is 1.20. The van der Waals surface area contributed by atoms with Gasteiger partial charge in [0.2, 0.25) is 0 Å². The standard InChI is InChI=1S/C12H13NO6/c1-7(14)18-12(19-8(2)15)9-4-5-13-6-10(9)11(16)17-3/h4-6,12H,1-3H3. The Labute approximate surface area is 109 Å². The molecule has 0 aromatic carbocycles. The number of hydrogen-bond acceptors (Lipinski definition) is 7. The lowest BCUT2D eigenvalue weighted by Gasteiger charge is -2.18. The second-order valence-corrected chi connectivity index (χ2v) is 3.51. The van der Waals surface area contributed by atoms with E-state index >= 15 is 0 Å². The zero-order chi connectivity index (χ0) is 14.4. The number of rotatable bonds is 4. The monoisotopic (exact) mass is 267 g/mol. The lowest BCUT2D eigenvalue weighted by molar-refractivity contribution is -0.186. The summed E-state index contributed by atoms with van der Waals surface area (Å²) in [6.45, 7) is 2.32. The number of carbonyl (C=O) groups excluding carboxylic acids is 3. The first-order valence-corrected chi connectivity index (χ1v) is 5.32. The zero-order valence-electron chi connectivity index (χ0n) is 10.7. The summed E-state index contributed by atoms with van der Waals surface area (Å²) in [5, 5.41) is 0. The molecule has 0 aliphatic carbocycles. The lowest BCUT2D eigenvalue weighted by atomic mass is 10.1. The lowest BCUT2D eigenvalue weighted by Crippen LogP contribution is -2.18.